The Bertz CT molecular complexity index is 335. The van der Waals surface area contributed by atoms with Gasteiger partial charge in [-0.1, -0.05) is 30.3 Å². The normalized spacial score (nSPS) is 12.1. The lowest BCUT2D eigenvalue weighted by Gasteiger charge is -2.10. The van der Waals surface area contributed by atoms with E-state index in [0.29, 0.717) is 5.56 Å². The molecule has 1 atom stereocenters. The molecule has 0 bridgehead atoms. The zero-order valence-electron chi connectivity index (χ0n) is 7.64. The van der Waals surface area contributed by atoms with Crippen LogP contribution in [0.3, 0.4) is 0 Å². The first-order valence-electron chi connectivity index (χ1n) is 4.24. The first-order valence-corrected chi connectivity index (χ1v) is 4.24. The number of ketones is 1. The zero-order chi connectivity index (χ0) is 10.6. The molecular weight excluding hydrogens is 180 g/mol. The summed E-state index contributed by atoms with van der Waals surface area (Å²) in [7, 11) is 0. The molecule has 1 unspecified atom stereocenters. The van der Waals surface area contributed by atoms with Crippen LogP contribution in [0.25, 0.3) is 0 Å². The van der Waals surface area contributed by atoms with E-state index in [-0.39, 0.29) is 12.3 Å². The third-order valence-electron chi connectivity index (χ3n) is 1.94. The molecule has 0 saturated carbocycles. The highest BCUT2D eigenvalue weighted by molar-refractivity contribution is 6.06. The maximum Gasteiger partial charge on any atom is 0.232 e. The monoisotopic (exact) mass is 192 g/mol. The molecule has 14 heavy (non-hydrogen) atoms. The molecule has 0 heterocycles. The lowest BCUT2D eigenvalue weighted by molar-refractivity contribution is -0.127. The van der Waals surface area contributed by atoms with Crippen LogP contribution in [0.4, 0.5) is 0 Å². The van der Waals surface area contributed by atoms with E-state index in [2.05, 4.69) is 0 Å². The quantitative estimate of drug-likeness (QED) is 0.647. The fourth-order valence-corrected chi connectivity index (χ4v) is 1.27. The SMILES string of the molecule is NCC(=O)C(C(N)=O)c1ccccc1. The van der Waals surface area contributed by atoms with Gasteiger partial charge in [-0.25, -0.2) is 0 Å². The summed E-state index contributed by atoms with van der Waals surface area (Å²) in [5.74, 6) is -1.93. The molecule has 4 heteroatoms. The van der Waals surface area contributed by atoms with Crippen molar-refractivity contribution in [1.29, 1.82) is 0 Å². The second-order valence-corrected chi connectivity index (χ2v) is 2.92. The fraction of sp³-hybridized carbons (Fsp3) is 0.200. The molecule has 0 aliphatic carbocycles. The van der Waals surface area contributed by atoms with Gasteiger partial charge in [-0.2, -0.15) is 0 Å². The van der Waals surface area contributed by atoms with Gasteiger partial charge in [0.15, 0.2) is 5.78 Å². The molecular formula is C10H12N2O2. The first kappa shape index (κ1) is 10.4. The predicted molar refractivity (Wildman–Crippen MR) is 52.4 cm³/mol. The molecule has 0 radical (unpaired) electrons. The van der Waals surface area contributed by atoms with Gasteiger partial charge >= 0.3 is 0 Å². The topological polar surface area (TPSA) is 86.2 Å². The van der Waals surface area contributed by atoms with Crippen LogP contribution in [0, 0.1) is 0 Å². The van der Waals surface area contributed by atoms with Crippen molar-refractivity contribution in [2.45, 2.75) is 5.92 Å². The summed E-state index contributed by atoms with van der Waals surface area (Å²) in [6.45, 7) is -0.178. The lowest BCUT2D eigenvalue weighted by atomic mass is 9.94. The van der Waals surface area contributed by atoms with Crippen molar-refractivity contribution in [3.8, 4) is 0 Å². The minimum Gasteiger partial charge on any atom is -0.369 e. The summed E-state index contributed by atoms with van der Waals surface area (Å²) in [6, 6.07) is 8.66. The maximum absolute atomic E-state index is 11.3. The van der Waals surface area contributed by atoms with Crippen molar-refractivity contribution >= 4 is 11.7 Å². The van der Waals surface area contributed by atoms with Gasteiger partial charge in [0.1, 0.15) is 5.92 Å². The molecule has 1 aromatic carbocycles. The number of benzene rings is 1. The summed E-state index contributed by atoms with van der Waals surface area (Å²) in [4.78, 5) is 22.4. The van der Waals surface area contributed by atoms with E-state index in [9.17, 15) is 9.59 Å². The van der Waals surface area contributed by atoms with E-state index in [0.717, 1.165) is 0 Å². The van der Waals surface area contributed by atoms with Crippen LogP contribution in [0.2, 0.25) is 0 Å². The van der Waals surface area contributed by atoms with Gasteiger partial charge in [-0.15, -0.1) is 0 Å². The molecule has 0 aliphatic heterocycles. The first-order chi connectivity index (χ1) is 6.66. The second-order valence-electron chi connectivity index (χ2n) is 2.92. The average molecular weight is 192 g/mol. The van der Waals surface area contributed by atoms with Crippen molar-refractivity contribution in [2.75, 3.05) is 6.54 Å². The Morgan fingerprint density at radius 1 is 1.21 bits per heavy atom. The van der Waals surface area contributed by atoms with Gasteiger partial charge in [-0.3, -0.25) is 9.59 Å². The van der Waals surface area contributed by atoms with Gasteiger partial charge in [0.25, 0.3) is 0 Å². The van der Waals surface area contributed by atoms with Crippen LogP contribution in [-0.4, -0.2) is 18.2 Å². The van der Waals surface area contributed by atoms with Gasteiger partial charge in [-0.05, 0) is 5.56 Å². The number of primary amides is 1. The minimum absolute atomic E-state index is 0.178. The van der Waals surface area contributed by atoms with Crippen LogP contribution in [0.5, 0.6) is 0 Å². The summed E-state index contributed by atoms with van der Waals surface area (Å²) in [5.41, 5.74) is 10.9. The highest BCUT2D eigenvalue weighted by atomic mass is 16.2. The van der Waals surface area contributed by atoms with Crippen LogP contribution < -0.4 is 11.5 Å². The molecule has 1 amide bonds. The van der Waals surface area contributed by atoms with Gasteiger partial charge < -0.3 is 11.5 Å². The summed E-state index contributed by atoms with van der Waals surface area (Å²) >= 11 is 0. The number of hydrogen-bond acceptors (Lipinski definition) is 3. The molecule has 0 aliphatic rings. The van der Waals surface area contributed by atoms with Crippen LogP contribution in [-0.2, 0) is 9.59 Å². The van der Waals surface area contributed by atoms with Crippen molar-refractivity contribution in [2.24, 2.45) is 11.5 Å². The average Bonchev–Trinajstić information content (AvgIpc) is 2.19. The van der Waals surface area contributed by atoms with E-state index in [4.69, 9.17) is 11.5 Å². The Balaban J connectivity index is 3.01. The highest BCUT2D eigenvalue weighted by Crippen LogP contribution is 2.15. The molecule has 1 rings (SSSR count). The Kier molecular flexibility index (Phi) is 3.36. The molecule has 0 fully saturated rings. The third kappa shape index (κ3) is 2.17. The maximum atomic E-state index is 11.3. The van der Waals surface area contributed by atoms with E-state index in [1.54, 1.807) is 30.3 Å². The van der Waals surface area contributed by atoms with E-state index in [1.807, 2.05) is 0 Å². The molecule has 0 saturated heterocycles. The number of carbonyl (C=O) groups is 2. The fourth-order valence-electron chi connectivity index (χ4n) is 1.27. The number of Topliss-reactive ketones (excluding diaryl/α,β-unsaturated/α-hetero) is 1. The van der Waals surface area contributed by atoms with Crippen molar-refractivity contribution in [3.63, 3.8) is 0 Å². The predicted octanol–water partition coefficient (Wildman–Crippen LogP) is -0.217. The van der Waals surface area contributed by atoms with Crippen molar-refractivity contribution < 1.29 is 9.59 Å². The van der Waals surface area contributed by atoms with Gasteiger partial charge in [0, 0.05) is 0 Å². The van der Waals surface area contributed by atoms with Crippen LogP contribution >= 0.6 is 0 Å². The van der Waals surface area contributed by atoms with Gasteiger partial charge in [0.2, 0.25) is 5.91 Å². The molecule has 0 aromatic heterocycles. The summed E-state index contributed by atoms with van der Waals surface area (Å²) < 4.78 is 0. The minimum atomic E-state index is -0.916. The number of nitrogens with two attached hydrogens (primary N) is 2. The van der Waals surface area contributed by atoms with Crippen LogP contribution in [0.1, 0.15) is 11.5 Å². The zero-order valence-corrected chi connectivity index (χ0v) is 7.64. The summed E-state index contributed by atoms with van der Waals surface area (Å²) in [5, 5.41) is 0. The number of rotatable bonds is 4. The lowest BCUT2D eigenvalue weighted by Crippen LogP contribution is -2.32. The van der Waals surface area contributed by atoms with Crippen molar-refractivity contribution in [3.05, 3.63) is 35.9 Å². The Morgan fingerprint density at radius 3 is 2.21 bits per heavy atom. The smallest absolute Gasteiger partial charge is 0.232 e. The third-order valence-corrected chi connectivity index (χ3v) is 1.94. The Hall–Kier alpha value is -1.68. The summed E-state index contributed by atoms with van der Waals surface area (Å²) in [6.07, 6.45) is 0. The largest absolute Gasteiger partial charge is 0.369 e. The highest BCUT2D eigenvalue weighted by Gasteiger charge is 2.24. The van der Waals surface area contributed by atoms with E-state index < -0.39 is 11.8 Å². The number of carbonyl (C=O) groups excluding carboxylic acids is 2. The van der Waals surface area contributed by atoms with Crippen molar-refractivity contribution in [1.82, 2.24) is 0 Å². The number of hydrogen-bond donors (Lipinski definition) is 2. The molecule has 1 aromatic rings. The number of amides is 1. The van der Waals surface area contributed by atoms with Gasteiger partial charge in [0.05, 0.1) is 6.54 Å². The second kappa shape index (κ2) is 4.53. The molecule has 4 nitrogen and oxygen atoms in total. The Morgan fingerprint density at radius 2 is 1.79 bits per heavy atom. The van der Waals surface area contributed by atoms with Crippen LogP contribution in [0.15, 0.2) is 30.3 Å². The van der Waals surface area contributed by atoms with E-state index >= 15 is 0 Å². The molecule has 74 valence electrons. The molecule has 4 N–H and O–H groups in total. The standard InChI is InChI=1S/C10H12N2O2/c11-6-8(13)9(10(12)14)7-4-2-1-3-5-7/h1-5,9H,6,11H2,(H2,12,14). The Labute approximate surface area is 81.9 Å². The van der Waals surface area contributed by atoms with E-state index in [1.165, 1.54) is 0 Å². The molecule has 0 spiro atoms.